The van der Waals surface area contributed by atoms with Gasteiger partial charge in [-0.15, -0.1) is 0 Å². The van der Waals surface area contributed by atoms with Crippen LogP contribution in [0.2, 0.25) is 0 Å². The molecule has 2 aromatic rings. The molecule has 1 N–H and O–H groups in total. The van der Waals surface area contributed by atoms with E-state index in [-0.39, 0.29) is 17.0 Å². The fraction of sp³-hybridized carbons (Fsp3) is 0.375. The van der Waals surface area contributed by atoms with Crippen molar-refractivity contribution in [2.45, 2.75) is 38.9 Å². The Morgan fingerprint density at radius 2 is 1.60 bits per heavy atom. The van der Waals surface area contributed by atoms with E-state index in [4.69, 9.17) is 9.31 Å². The van der Waals surface area contributed by atoms with E-state index in [2.05, 4.69) is 0 Å². The van der Waals surface area contributed by atoms with Gasteiger partial charge in [-0.2, -0.15) is 0 Å². The average Bonchev–Trinajstić information content (AvgIpc) is 2.57. The molecule has 0 radical (unpaired) electrons. The molecule has 0 atom stereocenters. The van der Waals surface area contributed by atoms with Gasteiger partial charge in [-0.05, 0) is 56.1 Å². The van der Waals surface area contributed by atoms with E-state index in [1.54, 1.807) is 12.1 Å². The van der Waals surface area contributed by atoms with Gasteiger partial charge in [0.2, 0.25) is 0 Å². The van der Waals surface area contributed by atoms with E-state index >= 15 is 0 Å². The Labute approximate surface area is 119 Å². The maximum absolute atomic E-state index is 9.72. The van der Waals surface area contributed by atoms with E-state index in [9.17, 15) is 5.11 Å². The van der Waals surface area contributed by atoms with Crippen LogP contribution in [0.4, 0.5) is 0 Å². The zero-order valence-corrected chi connectivity index (χ0v) is 12.3. The molecule has 2 aromatic carbocycles. The molecule has 0 bridgehead atoms. The first-order valence-electron chi connectivity index (χ1n) is 6.87. The topological polar surface area (TPSA) is 38.7 Å². The number of benzene rings is 2. The van der Waals surface area contributed by atoms with Gasteiger partial charge in [-0.1, -0.05) is 24.3 Å². The van der Waals surface area contributed by atoms with Crippen LogP contribution in [0.5, 0.6) is 5.75 Å². The molecule has 1 aliphatic rings. The van der Waals surface area contributed by atoms with Crippen LogP contribution in [0.3, 0.4) is 0 Å². The molecular weight excluding hydrogens is 251 g/mol. The van der Waals surface area contributed by atoms with Gasteiger partial charge in [0.15, 0.2) is 0 Å². The number of hydrogen-bond acceptors (Lipinski definition) is 3. The smallest absolute Gasteiger partial charge is 0.495 e. The van der Waals surface area contributed by atoms with E-state index in [1.165, 1.54) is 0 Å². The largest absolute Gasteiger partial charge is 0.508 e. The standard InChI is InChI=1S/C16H19BO3/c1-15(2)16(3,4)20-17(19-15)14-7-5-6-11-8-9-12(18)10-13(11)14/h5-10,18H,1-4H3. The summed E-state index contributed by atoms with van der Waals surface area (Å²) >= 11 is 0. The van der Waals surface area contributed by atoms with E-state index in [0.717, 1.165) is 16.2 Å². The highest BCUT2D eigenvalue weighted by molar-refractivity contribution is 6.65. The van der Waals surface area contributed by atoms with Crippen molar-refractivity contribution in [1.82, 2.24) is 0 Å². The number of phenolic OH excluding ortho intramolecular Hbond substituents is 1. The average molecular weight is 270 g/mol. The molecule has 3 nitrogen and oxygen atoms in total. The van der Waals surface area contributed by atoms with Gasteiger partial charge in [0.05, 0.1) is 11.2 Å². The third-order valence-electron chi connectivity index (χ3n) is 4.41. The van der Waals surface area contributed by atoms with Crippen LogP contribution in [0.1, 0.15) is 27.7 Å². The van der Waals surface area contributed by atoms with Crippen molar-refractivity contribution in [2.75, 3.05) is 0 Å². The van der Waals surface area contributed by atoms with Crippen LogP contribution in [0.15, 0.2) is 36.4 Å². The maximum atomic E-state index is 9.72. The number of aromatic hydroxyl groups is 1. The Morgan fingerprint density at radius 1 is 0.950 bits per heavy atom. The summed E-state index contributed by atoms with van der Waals surface area (Å²) in [4.78, 5) is 0. The SMILES string of the molecule is CC1(C)OB(c2cccc3ccc(O)cc23)OC1(C)C. The van der Waals surface area contributed by atoms with E-state index < -0.39 is 7.12 Å². The molecule has 1 aliphatic heterocycles. The molecule has 3 rings (SSSR count). The summed E-state index contributed by atoms with van der Waals surface area (Å²) in [5, 5.41) is 11.7. The molecule has 1 saturated heterocycles. The first kappa shape index (κ1) is 13.5. The van der Waals surface area contributed by atoms with Gasteiger partial charge >= 0.3 is 7.12 Å². The minimum Gasteiger partial charge on any atom is -0.508 e. The fourth-order valence-electron chi connectivity index (χ4n) is 2.46. The van der Waals surface area contributed by atoms with Gasteiger partial charge < -0.3 is 14.4 Å². The second kappa shape index (κ2) is 4.24. The van der Waals surface area contributed by atoms with Gasteiger partial charge in [0, 0.05) is 0 Å². The number of rotatable bonds is 1. The molecule has 104 valence electrons. The van der Waals surface area contributed by atoms with Crippen molar-refractivity contribution >= 4 is 23.4 Å². The monoisotopic (exact) mass is 270 g/mol. The molecule has 0 aliphatic carbocycles. The lowest BCUT2D eigenvalue weighted by Crippen LogP contribution is -2.41. The highest BCUT2D eigenvalue weighted by Crippen LogP contribution is 2.37. The minimum atomic E-state index is -0.412. The molecule has 0 spiro atoms. The summed E-state index contributed by atoms with van der Waals surface area (Å²) in [6.45, 7) is 8.15. The predicted octanol–water partition coefficient (Wildman–Crippen LogP) is 2.84. The van der Waals surface area contributed by atoms with Crippen LogP contribution >= 0.6 is 0 Å². The van der Waals surface area contributed by atoms with Gasteiger partial charge in [-0.3, -0.25) is 0 Å². The Hall–Kier alpha value is -1.52. The predicted molar refractivity (Wildman–Crippen MR) is 81.3 cm³/mol. The summed E-state index contributed by atoms with van der Waals surface area (Å²) < 4.78 is 12.2. The van der Waals surface area contributed by atoms with E-state index in [0.29, 0.717) is 0 Å². The van der Waals surface area contributed by atoms with Crippen LogP contribution < -0.4 is 5.46 Å². The summed E-state index contributed by atoms with van der Waals surface area (Å²) in [5.41, 5.74) is 0.227. The van der Waals surface area contributed by atoms with Gasteiger partial charge in [-0.25, -0.2) is 0 Å². The first-order chi connectivity index (χ1) is 9.30. The van der Waals surface area contributed by atoms with Crippen molar-refractivity contribution in [3.05, 3.63) is 36.4 Å². The van der Waals surface area contributed by atoms with Crippen LogP contribution in [-0.4, -0.2) is 23.4 Å². The van der Waals surface area contributed by atoms with E-state index in [1.807, 2.05) is 52.0 Å². The van der Waals surface area contributed by atoms with Crippen molar-refractivity contribution in [3.63, 3.8) is 0 Å². The molecule has 20 heavy (non-hydrogen) atoms. The molecule has 0 aromatic heterocycles. The second-order valence-corrected chi connectivity index (χ2v) is 6.34. The van der Waals surface area contributed by atoms with Crippen molar-refractivity contribution in [1.29, 1.82) is 0 Å². The zero-order chi connectivity index (χ0) is 14.5. The van der Waals surface area contributed by atoms with Crippen LogP contribution in [0.25, 0.3) is 10.8 Å². The molecule has 1 fully saturated rings. The summed E-state index contributed by atoms with van der Waals surface area (Å²) in [6.07, 6.45) is 0. The Kier molecular flexibility index (Phi) is 2.85. The third-order valence-corrected chi connectivity index (χ3v) is 4.41. The molecule has 0 saturated carbocycles. The van der Waals surface area contributed by atoms with Crippen molar-refractivity contribution in [2.24, 2.45) is 0 Å². The summed E-state index contributed by atoms with van der Waals surface area (Å²) in [7, 11) is -0.412. The number of phenols is 1. The van der Waals surface area contributed by atoms with Gasteiger partial charge in [0.1, 0.15) is 5.75 Å². The molecule has 0 unspecified atom stereocenters. The zero-order valence-electron chi connectivity index (χ0n) is 12.3. The number of hydrogen-bond donors (Lipinski definition) is 1. The minimum absolute atomic E-state index is 0.251. The normalized spacial score (nSPS) is 20.5. The molecular formula is C16H19BO3. The fourth-order valence-corrected chi connectivity index (χ4v) is 2.46. The maximum Gasteiger partial charge on any atom is 0.495 e. The Morgan fingerprint density at radius 3 is 2.25 bits per heavy atom. The highest BCUT2D eigenvalue weighted by atomic mass is 16.7. The van der Waals surface area contributed by atoms with Crippen molar-refractivity contribution in [3.8, 4) is 5.75 Å². The lowest BCUT2D eigenvalue weighted by atomic mass is 9.76. The van der Waals surface area contributed by atoms with Crippen LogP contribution in [0, 0.1) is 0 Å². The third kappa shape index (κ3) is 2.00. The van der Waals surface area contributed by atoms with Gasteiger partial charge in [0.25, 0.3) is 0 Å². The highest BCUT2D eigenvalue weighted by Gasteiger charge is 2.52. The second-order valence-electron chi connectivity index (χ2n) is 6.34. The van der Waals surface area contributed by atoms with Crippen molar-refractivity contribution < 1.29 is 14.4 Å². The molecule has 1 heterocycles. The van der Waals surface area contributed by atoms with Crippen LogP contribution in [-0.2, 0) is 9.31 Å². The summed E-state index contributed by atoms with van der Waals surface area (Å²) in [6, 6.07) is 11.3. The quantitative estimate of drug-likeness (QED) is 0.810. The first-order valence-corrected chi connectivity index (χ1v) is 6.87. The lowest BCUT2D eigenvalue weighted by Gasteiger charge is -2.32. The number of fused-ring (bicyclic) bond motifs is 1. The lowest BCUT2D eigenvalue weighted by molar-refractivity contribution is 0.00578. The Bertz CT molecular complexity index is 648. The molecule has 0 amide bonds. The Balaban J connectivity index is 2.10. The molecule has 4 heteroatoms. The summed E-state index contributed by atoms with van der Waals surface area (Å²) in [5.74, 6) is 0.251.